The summed E-state index contributed by atoms with van der Waals surface area (Å²) in [6.07, 6.45) is 1.78. The molecule has 1 amide bonds. The van der Waals surface area contributed by atoms with Crippen LogP contribution in [0.2, 0.25) is 0 Å². The highest BCUT2D eigenvalue weighted by molar-refractivity contribution is 7.08. The molecule has 1 aromatic carbocycles. The SMILES string of the molecule is CC(=O)Nc1ccc(Nc2nccc3[nH]c(-c4ccsc4)cc23)cc1. The quantitative estimate of drug-likeness (QED) is 0.486. The second kappa shape index (κ2) is 6.41. The van der Waals surface area contributed by atoms with Crippen molar-refractivity contribution in [1.82, 2.24) is 9.97 Å². The van der Waals surface area contributed by atoms with Gasteiger partial charge >= 0.3 is 0 Å². The Labute approximate surface area is 148 Å². The number of pyridine rings is 1. The summed E-state index contributed by atoms with van der Waals surface area (Å²) in [5.74, 6) is 0.711. The molecular weight excluding hydrogens is 332 g/mol. The molecule has 0 aliphatic heterocycles. The first-order chi connectivity index (χ1) is 12.2. The minimum absolute atomic E-state index is 0.0829. The minimum Gasteiger partial charge on any atom is -0.354 e. The third-order valence-corrected chi connectivity index (χ3v) is 4.53. The molecule has 0 atom stereocenters. The van der Waals surface area contributed by atoms with Crippen LogP contribution in [-0.4, -0.2) is 15.9 Å². The lowest BCUT2D eigenvalue weighted by Gasteiger charge is -2.08. The minimum atomic E-state index is -0.0829. The molecule has 4 rings (SSSR count). The summed E-state index contributed by atoms with van der Waals surface area (Å²) in [6, 6.07) is 13.7. The van der Waals surface area contributed by atoms with Crippen LogP contribution in [0.25, 0.3) is 22.2 Å². The van der Waals surface area contributed by atoms with E-state index in [2.05, 4.69) is 43.5 Å². The van der Waals surface area contributed by atoms with Crippen LogP contribution in [0.1, 0.15) is 6.92 Å². The van der Waals surface area contributed by atoms with Gasteiger partial charge in [0.1, 0.15) is 5.82 Å². The van der Waals surface area contributed by atoms with E-state index in [1.165, 1.54) is 12.5 Å². The number of rotatable bonds is 4. The zero-order chi connectivity index (χ0) is 17.2. The molecule has 3 aromatic heterocycles. The van der Waals surface area contributed by atoms with Crippen LogP contribution in [0, 0.1) is 0 Å². The zero-order valence-electron chi connectivity index (χ0n) is 13.5. The summed E-state index contributed by atoms with van der Waals surface area (Å²) < 4.78 is 0. The number of hydrogen-bond acceptors (Lipinski definition) is 4. The van der Waals surface area contributed by atoms with Crippen LogP contribution in [0.4, 0.5) is 17.2 Å². The molecule has 0 saturated heterocycles. The molecule has 3 heterocycles. The maximum atomic E-state index is 11.1. The molecule has 0 radical (unpaired) electrons. The maximum absolute atomic E-state index is 11.1. The molecule has 0 saturated carbocycles. The largest absolute Gasteiger partial charge is 0.354 e. The van der Waals surface area contributed by atoms with Crippen LogP contribution >= 0.6 is 11.3 Å². The molecule has 5 nitrogen and oxygen atoms in total. The zero-order valence-corrected chi connectivity index (χ0v) is 14.4. The highest BCUT2D eigenvalue weighted by Crippen LogP contribution is 2.30. The Bertz CT molecular complexity index is 1020. The van der Waals surface area contributed by atoms with E-state index in [-0.39, 0.29) is 5.91 Å². The monoisotopic (exact) mass is 348 g/mol. The van der Waals surface area contributed by atoms with E-state index < -0.39 is 0 Å². The molecule has 0 bridgehead atoms. The van der Waals surface area contributed by atoms with Gasteiger partial charge in [-0.15, -0.1) is 0 Å². The lowest BCUT2D eigenvalue weighted by molar-refractivity contribution is -0.114. The maximum Gasteiger partial charge on any atom is 0.221 e. The average Bonchev–Trinajstić information content (AvgIpc) is 3.25. The predicted octanol–water partition coefficient (Wildman–Crippen LogP) is 4.99. The Morgan fingerprint density at radius 1 is 1.12 bits per heavy atom. The fourth-order valence-corrected chi connectivity index (χ4v) is 3.36. The van der Waals surface area contributed by atoms with Crippen molar-refractivity contribution in [2.24, 2.45) is 0 Å². The van der Waals surface area contributed by atoms with Crippen molar-refractivity contribution in [3.8, 4) is 11.3 Å². The number of anilines is 3. The Hall–Kier alpha value is -3.12. The molecule has 6 heteroatoms. The highest BCUT2D eigenvalue weighted by Gasteiger charge is 2.09. The van der Waals surface area contributed by atoms with Gasteiger partial charge in [0.25, 0.3) is 0 Å². The van der Waals surface area contributed by atoms with E-state index in [1.807, 2.05) is 30.3 Å². The summed E-state index contributed by atoms with van der Waals surface area (Å²) in [6.45, 7) is 1.49. The summed E-state index contributed by atoms with van der Waals surface area (Å²) in [7, 11) is 0. The topological polar surface area (TPSA) is 69.8 Å². The van der Waals surface area contributed by atoms with Crippen molar-refractivity contribution in [1.29, 1.82) is 0 Å². The normalized spacial score (nSPS) is 10.8. The molecule has 25 heavy (non-hydrogen) atoms. The van der Waals surface area contributed by atoms with Crippen molar-refractivity contribution < 1.29 is 4.79 Å². The van der Waals surface area contributed by atoms with Gasteiger partial charge in [-0.2, -0.15) is 11.3 Å². The van der Waals surface area contributed by atoms with Crippen molar-refractivity contribution >= 4 is 45.3 Å². The smallest absolute Gasteiger partial charge is 0.221 e. The third-order valence-electron chi connectivity index (χ3n) is 3.85. The van der Waals surface area contributed by atoms with Gasteiger partial charge in [0, 0.05) is 46.5 Å². The van der Waals surface area contributed by atoms with Crippen LogP contribution in [0.3, 0.4) is 0 Å². The molecule has 124 valence electrons. The van der Waals surface area contributed by atoms with Crippen LogP contribution in [0.5, 0.6) is 0 Å². The van der Waals surface area contributed by atoms with E-state index in [0.29, 0.717) is 0 Å². The number of fused-ring (bicyclic) bond motifs is 1. The number of aromatic nitrogens is 2. The molecule has 0 aliphatic carbocycles. The molecule has 4 aromatic rings. The van der Waals surface area contributed by atoms with Crippen molar-refractivity contribution in [2.45, 2.75) is 6.92 Å². The van der Waals surface area contributed by atoms with Gasteiger partial charge in [0.2, 0.25) is 5.91 Å². The first-order valence-electron chi connectivity index (χ1n) is 7.84. The second-order valence-electron chi connectivity index (χ2n) is 5.70. The van der Waals surface area contributed by atoms with E-state index >= 15 is 0 Å². The third kappa shape index (κ3) is 3.25. The van der Waals surface area contributed by atoms with Crippen molar-refractivity contribution in [2.75, 3.05) is 10.6 Å². The molecule has 0 unspecified atom stereocenters. The Balaban J connectivity index is 1.64. The number of hydrogen-bond donors (Lipinski definition) is 3. The molecule has 0 aliphatic rings. The highest BCUT2D eigenvalue weighted by atomic mass is 32.1. The Kier molecular flexibility index (Phi) is 3.95. The lowest BCUT2D eigenvalue weighted by Crippen LogP contribution is -2.05. The van der Waals surface area contributed by atoms with E-state index in [9.17, 15) is 4.79 Å². The Morgan fingerprint density at radius 3 is 2.64 bits per heavy atom. The predicted molar refractivity (Wildman–Crippen MR) is 103 cm³/mol. The lowest BCUT2D eigenvalue weighted by atomic mass is 10.2. The van der Waals surface area contributed by atoms with Crippen LogP contribution < -0.4 is 10.6 Å². The number of H-pyrrole nitrogens is 1. The van der Waals surface area contributed by atoms with Crippen LogP contribution in [-0.2, 0) is 4.79 Å². The van der Waals surface area contributed by atoms with Gasteiger partial charge in [-0.25, -0.2) is 4.98 Å². The summed E-state index contributed by atoms with van der Waals surface area (Å²) >= 11 is 1.68. The van der Waals surface area contributed by atoms with Gasteiger partial charge in [-0.05, 0) is 47.8 Å². The number of carbonyl (C=O) groups excluding carboxylic acids is 1. The van der Waals surface area contributed by atoms with E-state index in [0.717, 1.165) is 33.8 Å². The standard InChI is InChI=1S/C19H16N4OS/c1-12(24)21-14-2-4-15(5-3-14)22-19-16-10-18(13-7-9-25-11-13)23-17(16)6-8-20-19/h2-11,23H,1H3,(H,20,22)(H,21,24). The molecule has 0 spiro atoms. The van der Waals surface area contributed by atoms with Crippen molar-refractivity contribution in [3.05, 3.63) is 59.4 Å². The van der Waals surface area contributed by atoms with Gasteiger partial charge in [-0.3, -0.25) is 4.79 Å². The number of nitrogens with zero attached hydrogens (tertiary/aromatic N) is 1. The van der Waals surface area contributed by atoms with Gasteiger partial charge in [-0.1, -0.05) is 0 Å². The molecule has 3 N–H and O–H groups in total. The fraction of sp³-hybridized carbons (Fsp3) is 0.0526. The Morgan fingerprint density at radius 2 is 1.92 bits per heavy atom. The van der Waals surface area contributed by atoms with Gasteiger partial charge in [0.05, 0.1) is 5.52 Å². The van der Waals surface area contributed by atoms with Gasteiger partial charge in [0.15, 0.2) is 0 Å². The van der Waals surface area contributed by atoms with Crippen LogP contribution in [0.15, 0.2) is 59.4 Å². The first kappa shape index (κ1) is 15.4. The number of carbonyl (C=O) groups is 1. The second-order valence-corrected chi connectivity index (χ2v) is 6.48. The van der Waals surface area contributed by atoms with E-state index in [4.69, 9.17) is 0 Å². The summed E-state index contributed by atoms with van der Waals surface area (Å²) in [5, 5.41) is 11.3. The number of thiophene rings is 1. The summed E-state index contributed by atoms with van der Waals surface area (Å²) in [4.78, 5) is 19.0. The fourth-order valence-electron chi connectivity index (χ4n) is 2.70. The van der Waals surface area contributed by atoms with Crippen molar-refractivity contribution in [3.63, 3.8) is 0 Å². The summed E-state index contributed by atoms with van der Waals surface area (Å²) in [5.41, 5.74) is 4.96. The van der Waals surface area contributed by atoms with E-state index in [1.54, 1.807) is 17.5 Å². The van der Waals surface area contributed by atoms with Gasteiger partial charge < -0.3 is 15.6 Å². The number of aromatic amines is 1. The average molecular weight is 348 g/mol. The first-order valence-corrected chi connectivity index (χ1v) is 8.78. The molecule has 0 fully saturated rings. The number of nitrogens with one attached hydrogen (secondary N) is 3. The molecular formula is C19H16N4OS. The number of amides is 1. The number of benzene rings is 1.